The monoisotopic (exact) mass is 286 g/mol. The molecule has 2 rings (SSSR count). The standard InChI is InChI=1S/C14H20Cl2N2/c15-12-5-6-14(16)11(8-12)9-13(18-17)7-10-3-1-2-4-10/h5-6,8,10,13,18H,1-4,7,9,17H2. The minimum atomic E-state index is 0.282. The first-order valence-electron chi connectivity index (χ1n) is 6.59. The highest BCUT2D eigenvalue weighted by molar-refractivity contribution is 6.33. The predicted octanol–water partition coefficient (Wildman–Crippen LogP) is 3.95. The number of nitrogens with one attached hydrogen (secondary N) is 1. The first kappa shape index (κ1) is 14.1. The molecule has 0 saturated heterocycles. The van der Waals surface area contributed by atoms with Crippen molar-refractivity contribution in [3.8, 4) is 0 Å². The summed E-state index contributed by atoms with van der Waals surface area (Å²) in [5.41, 5.74) is 4.00. The van der Waals surface area contributed by atoms with Gasteiger partial charge in [-0.15, -0.1) is 0 Å². The number of hydrazine groups is 1. The van der Waals surface area contributed by atoms with E-state index in [2.05, 4.69) is 5.43 Å². The molecule has 0 radical (unpaired) electrons. The highest BCUT2D eigenvalue weighted by atomic mass is 35.5. The van der Waals surface area contributed by atoms with Crippen molar-refractivity contribution in [2.45, 2.75) is 44.6 Å². The van der Waals surface area contributed by atoms with Crippen LogP contribution in [0.2, 0.25) is 10.0 Å². The van der Waals surface area contributed by atoms with E-state index in [-0.39, 0.29) is 6.04 Å². The van der Waals surface area contributed by atoms with Gasteiger partial charge in [-0.1, -0.05) is 48.9 Å². The molecule has 1 unspecified atom stereocenters. The lowest BCUT2D eigenvalue weighted by atomic mass is 9.94. The van der Waals surface area contributed by atoms with Crippen LogP contribution in [0.1, 0.15) is 37.7 Å². The van der Waals surface area contributed by atoms with Crippen LogP contribution in [0.25, 0.3) is 0 Å². The molecule has 0 aromatic heterocycles. The van der Waals surface area contributed by atoms with Gasteiger partial charge < -0.3 is 0 Å². The number of halogens is 2. The number of nitrogens with two attached hydrogens (primary N) is 1. The zero-order chi connectivity index (χ0) is 13.0. The van der Waals surface area contributed by atoms with E-state index in [9.17, 15) is 0 Å². The largest absolute Gasteiger partial charge is 0.271 e. The molecule has 18 heavy (non-hydrogen) atoms. The minimum Gasteiger partial charge on any atom is -0.271 e. The van der Waals surface area contributed by atoms with E-state index in [0.717, 1.165) is 34.4 Å². The maximum absolute atomic E-state index is 6.19. The Morgan fingerprint density at radius 2 is 2.00 bits per heavy atom. The highest BCUT2D eigenvalue weighted by Gasteiger charge is 2.20. The van der Waals surface area contributed by atoms with Crippen LogP contribution < -0.4 is 11.3 Å². The van der Waals surface area contributed by atoms with Gasteiger partial charge >= 0.3 is 0 Å². The smallest absolute Gasteiger partial charge is 0.0439 e. The molecule has 0 spiro atoms. The lowest BCUT2D eigenvalue weighted by molar-refractivity contribution is 0.389. The maximum Gasteiger partial charge on any atom is 0.0439 e. The second-order valence-electron chi connectivity index (χ2n) is 5.19. The van der Waals surface area contributed by atoms with Gasteiger partial charge in [-0.3, -0.25) is 11.3 Å². The summed E-state index contributed by atoms with van der Waals surface area (Å²) in [6.07, 6.45) is 7.36. The Morgan fingerprint density at radius 1 is 1.28 bits per heavy atom. The summed E-state index contributed by atoms with van der Waals surface area (Å²) >= 11 is 12.2. The normalized spacial score (nSPS) is 18.2. The number of benzene rings is 1. The summed E-state index contributed by atoms with van der Waals surface area (Å²) in [7, 11) is 0. The van der Waals surface area contributed by atoms with Gasteiger partial charge in [0.05, 0.1) is 0 Å². The molecule has 0 amide bonds. The van der Waals surface area contributed by atoms with Gasteiger partial charge in [0.2, 0.25) is 0 Å². The second kappa shape index (κ2) is 6.76. The third-order valence-electron chi connectivity index (χ3n) is 3.80. The van der Waals surface area contributed by atoms with Crippen LogP contribution in [0.3, 0.4) is 0 Å². The number of hydrogen-bond acceptors (Lipinski definition) is 2. The molecule has 2 nitrogen and oxygen atoms in total. The first-order valence-corrected chi connectivity index (χ1v) is 7.34. The summed E-state index contributed by atoms with van der Waals surface area (Å²) in [5.74, 6) is 6.47. The van der Waals surface area contributed by atoms with Crippen LogP contribution >= 0.6 is 23.2 Å². The molecule has 0 heterocycles. The third-order valence-corrected chi connectivity index (χ3v) is 4.41. The van der Waals surface area contributed by atoms with Crippen molar-refractivity contribution in [3.63, 3.8) is 0 Å². The minimum absolute atomic E-state index is 0.282. The Kier molecular flexibility index (Phi) is 5.31. The van der Waals surface area contributed by atoms with Crippen molar-refractivity contribution in [1.82, 2.24) is 5.43 Å². The second-order valence-corrected chi connectivity index (χ2v) is 6.03. The van der Waals surface area contributed by atoms with Crippen molar-refractivity contribution in [2.75, 3.05) is 0 Å². The zero-order valence-corrected chi connectivity index (χ0v) is 12.0. The topological polar surface area (TPSA) is 38.0 Å². The molecule has 1 aromatic rings. The van der Waals surface area contributed by atoms with Gasteiger partial charge in [0, 0.05) is 16.1 Å². The van der Waals surface area contributed by atoms with Crippen LogP contribution in [0.15, 0.2) is 18.2 Å². The van der Waals surface area contributed by atoms with E-state index in [1.54, 1.807) is 0 Å². The van der Waals surface area contributed by atoms with E-state index in [1.165, 1.54) is 25.7 Å². The SMILES string of the molecule is NNC(Cc1cc(Cl)ccc1Cl)CC1CCCC1. The van der Waals surface area contributed by atoms with E-state index < -0.39 is 0 Å². The van der Waals surface area contributed by atoms with Gasteiger partial charge in [-0.2, -0.15) is 0 Å². The molecule has 3 N–H and O–H groups in total. The molecule has 100 valence electrons. The van der Waals surface area contributed by atoms with Crippen LogP contribution in [0, 0.1) is 5.92 Å². The van der Waals surface area contributed by atoms with Crippen molar-refractivity contribution in [2.24, 2.45) is 11.8 Å². The maximum atomic E-state index is 6.19. The van der Waals surface area contributed by atoms with Gasteiger partial charge in [-0.25, -0.2) is 0 Å². The Labute approximate surface area is 119 Å². The van der Waals surface area contributed by atoms with Crippen LogP contribution in [-0.2, 0) is 6.42 Å². The molecule has 1 aliphatic rings. The van der Waals surface area contributed by atoms with Crippen molar-refractivity contribution >= 4 is 23.2 Å². The summed E-state index contributed by atoms with van der Waals surface area (Å²) in [6, 6.07) is 5.88. The first-order chi connectivity index (χ1) is 8.69. The fraction of sp³-hybridized carbons (Fsp3) is 0.571. The Balaban J connectivity index is 1.98. The van der Waals surface area contributed by atoms with E-state index >= 15 is 0 Å². The third kappa shape index (κ3) is 3.86. The molecular weight excluding hydrogens is 267 g/mol. The molecule has 1 aromatic carbocycles. The fourth-order valence-electron chi connectivity index (χ4n) is 2.82. The van der Waals surface area contributed by atoms with Gasteiger partial charge in [-0.05, 0) is 42.5 Å². The Bertz CT molecular complexity index is 389. The molecule has 0 bridgehead atoms. The van der Waals surface area contributed by atoms with Gasteiger partial charge in [0.1, 0.15) is 0 Å². The molecule has 1 atom stereocenters. The lowest BCUT2D eigenvalue weighted by Gasteiger charge is -2.20. The van der Waals surface area contributed by atoms with E-state index in [0.29, 0.717) is 0 Å². The van der Waals surface area contributed by atoms with Crippen molar-refractivity contribution in [1.29, 1.82) is 0 Å². The fourth-order valence-corrected chi connectivity index (χ4v) is 3.21. The molecule has 1 fully saturated rings. The summed E-state index contributed by atoms with van der Waals surface area (Å²) in [4.78, 5) is 0. The average Bonchev–Trinajstić information content (AvgIpc) is 2.85. The van der Waals surface area contributed by atoms with Crippen LogP contribution in [0.4, 0.5) is 0 Å². The molecule has 1 aliphatic carbocycles. The quantitative estimate of drug-likeness (QED) is 0.635. The lowest BCUT2D eigenvalue weighted by Crippen LogP contribution is -2.38. The summed E-state index contributed by atoms with van der Waals surface area (Å²) in [6.45, 7) is 0. The molecule has 0 aliphatic heterocycles. The average molecular weight is 287 g/mol. The molecule has 4 heteroatoms. The zero-order valence-electron chi connectivity index (χ0n) is 10.5. The van der Waals surface area contributed by atoms with E-state index in [1.807, 2.05) is 18.2 Å². The molecule has 1 saturated carbocycles. The number of hydrogen-bond donors (Lipinski definition) is 2. The van der Waals surface area contributed by atoms with Crippen molar-refractivity contribution in [3.05, 3.63) is 33.8 Å². The Hall–Kier alpha value is -0.280. The number of rotatable bonds is 5. The van der Waals surface area contributed by atoms with Crippen LogP contribution in [0.5, 0.6) is 0 Å². The van der Waals surface area contributed by atoms with Gasteiger partial charge in [0.15, 0.2) is 0 Å². The molecular formula is C14H20Cl2N2. The van der Waals surface area contributed by atoms with Gasteiger partial charge in [0.25, 0.3) is 0 Å². The Morgan fingerprint density at radius 3 is 2.67 bits per heavy atom. The predicted molar refractivity (Wildman–Crippen MR) is 77.9 cm³/mol. The van der Waals surface area contributed by atoms with Crippen LogP contribution in [-0.4, -0.2) is 6.04 Å². The summed E-state index contributed by atoms with van der Waals surface area (Å²) < 4.78 is 0. The summed E-state index contributed by atoms with van der Waals surface area (Å²) in [5, 5.41) is 1.50. The van der Waals surface area contributed by atoms with Crippen molar-refractivity contribution < 1.29 is 0 Å². The highest BCUT2D eigenvalue weighted by Crippen LogP contribution is 2.30. The van der Waals surface area contributed by atoms with E-state index in [4.69, 9.17) is 29.0 Å².